The molecule has 0 aliphatic heterocycles. The van der Waals surface area contributed by atoms with Crippen molar-refractivity contribution in [3.8, 4) is 0 Å². The third kappa shape index (κ3) is 3.34. The van der Waals surface area contributed by atoms with Crippen LogP contribution in [0.1, 0.15) is 25.0 Å². The van der Waals surface area contributed by atoms with Gasteiger partial charge in [-0.25, -0.2) is 4.39 Å². The first-order valence-corrected chi connectivity index (χ1v) is 6.72. The van der Waals surface area contributed by atoms with E-state index in [-0.39, 0.29) is 5.82 Å². The van der Waals surface area contributed by atoms with Crippen LogP contribution >= 0.6 is 11.8 Å². The van der Waals surface area contributed by atoms with E-state index >= 15 is 0 Å². The molecule has 0 amide bonds. The van der Waals surface area contributed by atoms with Gasteiger partial charge in [-0.1, -0.05) is 30.8 Å². The largest absolute Gasteiger partial charge is 0.388 e. The third-order valence-corrected chi connectivity index (χ3v) is 3.72. The summed E-state index contributed by atoms with van der Waals surface area (Å²) in [6, 6.07) is 14.2. The molecule has 2 aromatic carbocycles. The van der Waals surface area contributed by atoms with Gasteiger partial charge in [-0.3, -0.25) is 0 Å². The summed E-state index contributed by atoms with van der Waals surface area (Å²) in [4.78, 5) is 2.08. The van der Waals surface area contributed by atoms with E-state index in [0.717, 1.165) is 15.4 Å². The van der Waals surface area contributed by atoms with Gasteiger partial charge in [0.05, 0.1) is 6.10 Å². The Kier molecular flexibility index (Phi) is 4.39. The number of benzene rings is 2. The molecule has 1 atom stereocenters. The molecule has 0 aromatic heterocycles. The van der Waals surface area contributed by atoms with Crippen LogP contribution in [0.3, 0.4) is 0 Å². The summed E-state index contributed by atoms with van der Waals surface area (Å²) in [6.07, 6.45) is 0.319. The Morgan fingerprint density at radius 3 is 2.00 bits per heavy atom. The van der Waals surface area contributed by atoms with Crippen molar-refractivity contribution in [2.75, 3.05) is 0 Å². The molecule has 94 valence electrons. The second-order valence-corrected chi connectivity index (χ2v) is 5.20. The molecular formula is C15H15FOS. The summed E-state index contributed by atoms with van der Waals surface area (Å²) < 4.78 is 12.8. The highest BCUT2D eigenvalue weighted by Gasteiger charge is 2.04. The number of rotatable bonds is 4. The van der Waals surface area contributed by atoms with Crippen molar-refractivity contribution in [2.24, 2.45) is 0 Å². The quantitative estimate of drug-likeness (QED) is 0.880. The minimum absolute atomic E-state index is 0.222. The monoisotopic (exact) mass is 262 g/mol. The Morgan fingerprint density at radius 1 is 1.00 bits per heavy atom. The molecule has 0 radical (unpaired) electrons. The number of hydrogen-bond acceptors (Lipinski definition) is 2. The Morgan fingerprint density at radius 2 is 1.50 bits per heavy atom. The number of halogens is 1. The zero-order chi connectivity index (χ0) is 13.0. The highest BCUT2D eigenvalue weighted by atomic mass is 32.2. The molecule has 0 aliphatic rings. The molecule has 0 saturated carbocycles. The molecule has 1 nitrogen and oxygen atoms in total. The Labute approximate surface area is 111 Å². The molecule has 1 unspecified atom stereocenters. The fourth-order valence-corrected chi connectivity index (χ4v) is 2.45. The van der Waals surface area contributed by atoms with E-state index in [0.29, 0.717) is 6.42 Å². The summed E-state index contributed by atoms with van der Waals surface area (Å²) in [5, 5.41) is 9.69. The SMILES string of the molecule is CCC(O)c1ccc(Sc2ccc(F)cc2)cc1. The highest BCUT2D eigenvalue weighted by molar-refractivity contribution is 7.99. The normalized spacial score (nSPS) is 12.4. The van der Waals surface area contributed by atoms with Crippen LogP contribution < -0.4 is 0 Å². The highest BCUT2D eigenvalue weighted by Crippen LogP contribution is 2.29. The number of hydrogen-bond donors (Lipinski definition) is 1. The zero-order valence-corrected chi connectivity index (χ0v) is 11.0. The number of aliphatic hydroxyl groups is 1. The molecule has 0 saturated heterocycles. The molecule has 0 fully saturated rings. The Bertz CT molecular complexity index is 493. The summed E-state index contributed by atoms with van der Waals surface area (Å²) in [5.41, 5.74) is 0.931. The van der Waals surface area contributed by atoms with Gasteiger partial charge in [0.2, 0.25) is 0 Å². The summed E-state index contributed by atoms with van der Waals surface area (Å²) >= 11 is 1.58. The second kappa shape index (κ2) is 6.03. The van der Waals surface area contributed by atoms with Crippen LogP contribution in [0, 0.1) is 5.82 Å². The number of aliphatic hydroxyl groups excluding tert-OH is 1. The van der Waals surface area contributed by atoms with Crippen LogP contribution in [0.4, 0.5) is 4.39 Å². The first-order valence-electron chi connectivity index (χ1n) is 5.90. The van der Waals surface area contributed by atoms with Gasteiger partial charge in [0.1, 0.15) is 5.82 Å². The smallest absolute Gasteiger partial charge is 0.123 e. The first kappa shape index (κ1) is 13.1. The molecule has 18 heavy (non-hydrogen) atoms. The van der Waals surface area contributed by atoms with Crippen molar-refractivity contribution in [3.63, 3.8) is 0 Å². The van der Waals surface area contributed by atoms with E-state index in [1.165, 1.54) is 12.1 Å². The fraction of sp³-hybridized carbons (Fsp3) is 0.200. The molecular weight excluding hydrogens is 247 g/mol. The second-order valence-electron chi connectivity index (χ2n) is 4.05. The molecule has 0 heterocycles. The topological polar surface area (TPSA) is 20.2 Å². The van der Waals surface area contributed by atoms with E-state index in [9.17, 15) is 9.50 Å². The van der Waals surface area contributed by atoms with Crippen molar-refractivity contribution in [1.82, 2.24) is 0 Å². The van der Waals surface area contributed by atoms with Crippen molar-refractivity contribution in [2.45, 2.75) is 29.2 Å². The van der Waals surface area contributed by atoms with Crippen molar-refractivity contribution in [1.29, 1.82) is 0 Å². The maximum Gasteiger partial charge on any atom is 0.123 e. The fourth-order valence-electron chi connectivity index (χ4n) is 1.63. The molecule has 2 rings (SSSR count). The van der Waals surface area contributed by atoms with Crippen molar-refractivity contribution >= 4 is 11.8 Å². The zero-order valence-electron chi connectivity index (χ0n) is 10.1. The Hall–Kier alpha value is -1.32. The summed E-state index contributed by atoms with van der Waals surface area (Å²) in [5.74, 6) is -0.222. The maximum absolute atomic E-state index is 12.8. The summed E-state index contributed by atoms with van der Waals surface area (Å²) in [6.45, 7) is 1.95. The lowest BCUT2D eigenvalue weighted by Gasteiger charge is -2.08. The summed E-state index contributed by atoms with van der Waals surface area (Å²) in [7, 11) is 0. The van der Waals surface area contributed by atoms with Crippen LogP contribution in [0.15, 0.2) is 58.3 Å². The van der Waals surface area contributed by atoms with E-state index in [2.05, 4.69) is 0 Å². The van der Waals surface area contributed by atoms with Crippen LogP contribution in [0.2, 0.25) is 0 Å². The molecule has 1 N–H and O–H groups in total. The van der Waals surface area contributed by atoms with E-state index in [4.69, 9.17) is 0 Å². The van der Waals surface area contributed by atoms with Crippen LogP contribution in [-0.2, 0) is 0 Å². The lowest BCUT2D eigenvalue weighted by Crippen LogP contribution is -1.93. The van der Waals surface area contributed by atoms with E-state index in [1.54, 1.807) is 23.9 Å². The lowest BCUT2D eigenvalue weighted by atomic mass is 10.1. The van der Waals surface area contributed by atoms with E-state index in [1.807, 2.05) is 31.2 Å². The van der Waals surface area contributed by atoms with Crippen LogP contribution in [0.5, 0.6) is 0 Å². The van der Waals surface area contributed by atoms with Gasteiger partial charge in [0, 0.05) is 9.79 Å². The van der Waals surface area contributed by atoms with Gasteiger partial charge in [-0.15, -0.1) is 0 Å². The minimum Gasteiger partial charge on any atom is -0.388 e. The van der Waals surface area contributed by atoms with Crippen LogP contribution in [-0.4, -0.2) is 5.11 Å². The average Bonchev–Trinajstić information content (AvgIpc) is 2.41. The van der Waals surface area contributed by atoms with Crippen LogP contribution in [0.25, 0.3) is 0 Å². The average molecular weight is 262 g/mol. The molecule has 2 aromatic rings. The van der Waals surface area contributed by atoms with Gasteiger partial charge < -0.3 is 5.11 Å². The Balaban J connectivity index is 2.08. The van der Waals surface area contributed by atoms with Gasteiger partial charge in [-0.05, 0) is 48.4 Å². The van der Waals surface area contributed by atoms with Gasteiger partial charge in [0.25, 0.3) is 0 Å². The van der Waals surface area contributed by atoms with Crippen molar-refractivity contribution in [3.05, 3.63) is 59.9 Å². The minimum atomic E-state index is -0.394. The molecule has 0 spiro atoms. The van der Waals surface area contributed by atoms with Gasteiger partial charge in [-0.2, -0.15) is 0 Å². The van der Waals surface area contributed by atoms with Gasteiger partial charge >= 0.3 is 0 Å². The molecule has 3 heteroatoms. The molecule has 0 bridgehead atoms. The lowest BCUT2D eigenvalue weighted by molar-refractivity contribution is 0.173. The van der Waals surface area contributed by atoms with E-state index < -0.39 is 6.10 Å². The standard InChI is InChI=1S/C15H15FOS/c1-2-15(17)11-3-7-13(8-4-11)18-14-9-5-12(16)6-10-14/h3-10,15,17H,2H2,1H3. The predicted molar refractivity (Wildman–Crippen MR) is 72.2 cm³/mol. The van der Waals surface area contributed by atoms with Gasteiger partial charge in [0.15, 0.2) is 0 Å². The van der Waals surface area contributed by atoms with Crippen molar-refractivity contribution < 1.29 is 9.50 Å². The first-order chi connectivity index (χ1) is 8.69. The predicted octanol–water partition coefficient (Wildman–Crippen LogP) is 4.42. The third-order valence-electron chi connectivity index (χ3n) is 2.70. The maximum atomic E-state index is 12.8. The molecule has 0 aliphatic carbocycles.